The first-order chi connectivity index (χ1) is 11.7. The first-order valence-electron chi connectivity index (χ1n) is 7.23. The Morgan fingerprint density at radius 1 is 1.12 bits per heavy atom. The predicted molar refractivity (Wildman–Crippen MR) is 92.5 cm³/mol. The van der Waals surface area contributed by atoms with Crippen molar-refractivity contribution in [3.63, 3.8) is 0 Å². The number of nitrogens with zero attached hydrogens (tertiary/aromatic N) is 4. The van der Waals surface area contributed by atoms with Crippen molar-refractivity contribution in [2.45, 2.75) is 6.54 Å². The van der Waals surface area contributed by atoms with E-state index in [1.165, 1.54) is 10.9 Å². The highest BCUT2D eigenvalue weighted by molar-refractivity contribution is 9.10. The van der Waals surface area contributed by atoms with Crippen molar-refractivity contribution in [3.05, 3.63) is 75.5 Å². The van der Waals surface area contributed by atoms with Gasteiger partial charge in [-0.2, -0.15) is 4.98 Å². The summed E-state index contributed by atoms with van der Waals surface area (Å²) in [5.41, 5.74) is 1.34. The lowest BCUT2D eigenvalue weighted by atomic mass is 10.2. The number of hydrogen-bond acceptors (Lipinski definition) is 5. The summed E-state index contributed by atoms with van der Waals surface area (Å²) in [6.07, 6.45) is 1.50. The van der Waals surface area contributed by atoms with Gasteiger partial charge in [0, 0.05) is 10.0 Å². The van der Waals surface area contributed by atoms with Crippen LogP contribution in [-0.2, 0) is 6.54 Å². The van der Waals surface area contributed by atoms with Crippen LogP contribution in [0.3, 0.4) is 0 Å². The van der Waals surface area contributed by atoms with Crippen LogP contribution >= 0.6 is 15.9 Å². The zero-order chi connectivity index (χ0) is 16.5. The monoisotopic (exact) mass is 382 g/mol. The Morgan fingerprint density at radius 2 is 1.96 bits per heavy atom. The number of halogens is 1. The van der Waals surface area contributed by atoms with Crippen LogP contribution < -0.4 is 5.56 Å². The minimum Gasteiger partial charge on any atom is -0.334 e. The van der Waals surface area contributed by atoms with Crippen molar-refractivity contribution in [3.8, 4) is 11.5 Å². The smallest absolute Gasteiger partial charge is 0.261 e. The molecule has 0 aliphatic heterocycles. The summed E-state index contributed by atoms with van der Waals surface area (Å²) < 4.78 is 7.56. The Kier molecular flexibility index (Phi) is 3.70. The Morgan fingerprint density at radius 3 is 2.79 bits per heavy atom. The van der Waals surface area contributed by atoms with E-state index in [4.69, 9.17) is 4.52 Å². The van der Waals surface area contributed by atoms with Gasteiger partial charge in [0.25, 0.3) is 11.4 Å². The zero-order valence-electron chi connectivity index (χ0n) is 12.4. The molecule has 4 rings (SSSR count). The van der Waals surface area contributed by atoms with E-state index < -0.39 is 0 Å². The highest BCUT2D eigenvalue weighted by Crippen LogP contribution is 2.17. The van der Waals surface area contributed by atoms with E-state index in [2.05, 4.69) is 31.1 Å². The maximum absolute atomic E-state index is 12.6. The van der Waals surface area contributed by atoms with Crippen molar-refractivity contribution in [2.24, 2.45) is 0 Å². The Bertz CT molecular complexity index is 1070. The van der Waals surface area contributed by atoms with E-state index in [0.717, 1.165) is 10.0 Å². The molecule has 0 unspecified atom stereocenters. The molecule has 0 fully saturated rings. The molecule has 0 aliphatic carbocycles. The third kappa shape index (κ3) is 2.74. The molecule has 0 aliphatic rings. The quantitative estimate of drug-likeness (QED) is 0.543. The molecule has 0 atom stereocenters. The van der Waals surface area contributed by atoms with E-state index in [-0.39, 0.29) is 12.1 Å². The molecular weight excluding hydrogens is 372 g/mol. The van der Waals surface area contributed by atoms with Crippen LogP contribution in [0.1, 0.15) is 5.82 Å². The Balaban J connectivity index is 1.69. The molecule has 0 saturated heterocycles. The van der Waals surface area contributed by atoms with Crippen molar-refractivity contribution >= 4 is 26.8 Å². The molecule has 6 nitrogen and oxygen atoms in total. The molecule has 0 amide bonds. The zero-order valence-corrected chi connectivity index (χ0v) is 14.0. The number of hydrogen-bond donors (Lipinski definition) is 0. The van der Waals surface area contributed by atoms with Gasteiger partial charge in [-0.1, -0.05) is 39.3 Å². The number of aromatic nitrogens is 4. The van der Waals surface area contributed by atoms with Gasteiger partial charge in [-0.15, -0.1) is 0 Å². The van der Waals surface area contributed by atoms with E-state index in [9.17, 15) is 4.79 Å². The third-order valence-corrected chi connectivity index (χ3v) is 4.08. The van der Waals surface area contributed by atoms with Gasteiger partial charge in [0.15, 0.2) is 5.82 Å². The van der Waals surface area contributed by atoms with Crippen LogP contribution in [0.5, 0.6) is 0 Å². The average Bonchev–Trinajstić information content (AvgIpc) is 3.07. The molecule has 0 spiro atoms. The van der Waals surface area contributed by atoms with Gasteiger partial charge in [-0.05, 0) is 30.3 Å². The fourth-order valence-corrected chi connectivity index (χ4v) is 2.77. The Hall–Kier alpha value is -2.80. The first kappa shape index (κ1) is 14.8. The van der Waals surface area contributed by atoms with Gasteiger partial charge in [0.2, 0.25) is 0 Å². The Labute approximate surface area is 144 Å². The largest absolute Gasteiger partial charge is 0.334 e. The van der Waals surface area contributed by atoms with Crippen LogP contribution in [0.4, 0.5) is 0 Å². The maximum atomic E-state index is 12.6. The normalized spacial score (nSPS) is 11.0. The fraction of sp³-hybridized carbons (Fsp3) is 0.0588. The minimum atomic E-state index is -0.146. The van der Waals surface area contributed by atoms with Crippen molar-refractivity contribution < 1.29 is 4.52 Å². The number of fused-ring (bicyclic) bond motifs is 1. The van der Waals surface area contributed by atoms with Gasteiger partial charge >= 0.3 is 0 Å². The molecule has 118 valence electrons. The standard InChI is InChI=1S/C17H11BrN4O2/c18-12-6-7-14-13(8-12)17(23)22(10-19-14)9-15-20-16(24-21-15)11-4-2-1-3-5-11/h1-8,10H,9H2. The highest BCUT2D eigenvalue weighted by Gasteiger charge is 2.11. The van der Waals surface area contributed by atoms with Crippen molar-refractivity contribution in [1.82, 2.24) is 19.7 Å². The van der Waals surface area contributed by atoms with Gasteiger partial charge in [0.05, 0.1) is 23.8 Å². The van der Waals surface area contributed by atoms with Crippen LogP contribution in [0.15, 0.2) is 68.6 Å². The molecule has 0 bridgehead atoms. The van der Waals surface area contributed by atoms with E-state index in [1.807, 2.05) is 36.4 Å². The first-order valence-corrected chi connectivity index (χ1v) is 8.03. The van der Waals surface area contributed by atoms with Crippen LogP contribution in [0, 0.1) is 0 Å². The summed E-state index contributed by atoms with van der Waals surface area (Å²) in [5.74, 6) is 0.849. The molecule has 0 N–H and O–H groups in total. The van der Waals surface area contributed by atoms with Crippen LogP contribution in [-0.4, -0.2) is 19.7 Å². The van der Waals surface area contributed by atoms with Crippen molar-refractivity contribution in [2.75, 3.05) is 0 Å². The second kappa shape index (κ2) is 6.01. The summed E-state index contributed by atoms with van der Waals surface area (Å²) >= 11 is 3.37. The highest BCUT2D eigenvalue weighted by atomic mass is 79.9. The van der Waals surface area contributed by atoms with Crippen molar-refractivity contribution in [1.29, 1.82) is 0 Å². The summed E-state index contributed by atoms with van der Waals surface area (Å²) in [5, 5.41) is 4.48. The van der Waals surface area contributed by atoms with Gasteiger partial charge < -0.3 is 4.52 Å². The van der Waals surface area contributed by atoms with E-state index >= 15 is 0 Å². The van der Waals surface area contributed by atoms with Gasteiger partial charge in [-0.25, -0.2) is 4.98 Å². The summed E-state index contributed by atoms with van der Waals surface area (Å²) in [7, 11) is 0. The topological polar surface area (TPSA) is 73.8 Å². The van der Waals surface area contributed by atoms with E-state index in [0.29, 0.717) is 22.6 Å². The van der Waals surface area contributed by atoms with Crippen LogP contribution in [0.2, 0.25) is 0 Å². The summed E-state index contributed by atoms with van der Waals surface area (Å²) in [6, 6.07) is 14.9. The van der Waals surface area contributed by atoms with Gasteiger partial charge in [-0.3, -0.25) is 9.36 Å². The van der Waals surface area contributed by atoms with Gasteiger partial charge in [0.1, 0.15) is 0 Å². The van der Waals surface area contributed by atoms with Crippen LogP contribution in [0.25, 0.3) is 22.4 Å². The molecular formula is C17H11BrN4O2. The molecule has 7 heteroatoms. The number of rotatable bonds is 3. The van der Waals surface area contributed by atoms with E-state index in [1.54, 1.807) is 12.1 Å². The second-order valence-electron chi connectivity index (χ2n) is 5.22. The average molecular weight is 383 g/mol. The maximum Gasteiger partial charge on any atom is 0.261 e. The summed E-state index contributed by atoms with van der Waals surface area (Å²) in [6.45, 7) is 0.199. The lowest BCUT2D eigenvalue weighted by Crippen LogP contribution is -2.21. The molecule has 2 heterocycles. The molecule has 0 radical (unpaired) electrons. The summed E-state index contributed by atoms with van der Waals surface area (Å²) in [4.78, 5) is 21.2. The molecule has 2 aromatic heterocycles. The third-order valence-electron chi connectivity index (χ3n) is 3.59. The molecule has 2 aromatic carbocycles. The lowest BCUT2D eigenvalue weighted by Gasteiger charge is -2.04. The fourth-order valence-electron chi connectivity index (χ4n) is 2.41. The second-order valence-corrected chi connectivity index (χ2v) is 6.14. The lowest BCUT2D eigenvalue weighted by molar-refractivity contribution is 0.420. The predicted octanol–water partition coefficient (Wildman–Crippen LogP) is 3.26. The molecule has 4 aromatic rings. The minimum absolute atomic E-state index is 0.146. The number of benzene rings is 2. The SMILES string of the molecule is O=c1c2cc(Br)ccc2ncn1Cc1noc(-c2ccccc2)n1. The molecule has 24 heavy (non-hydrogen) atoms. The molecule has 0 saturated carbocycles.